The number of halogens is 2. The molecule has 0 atom stereocenters. The van der Waals surface area contributed by atoms with Gasteiger partial charge in [0.1, 0.15) is 11.5 Å². The molecular formula is C13H11BrFN3O3. The van der Waals surface area contributed by atoms with Crippen LogP contribution in [-0.4, -0.2) is 22.1 Å². The number of carbonyl (C=O) groups excluding carboxylic acids is 1. The van der Waals surface area contributed by atoms with E-state index in [1.54, 1.807) is 13.0 Å². The zero-order chi connectivity index (χ0) is 15.6. The van der Waals surface area contributed by atoms with Crippen molar-refractivity contribution in [3.8, 4) is 0 Å². The summed E-state index contributed by atoms with van der Waals surface area (Å²) < 4.78 is 14.1. The molecule has 0 radical (unpaired) electrons. The van der Waals surface area contributed by atoms with Crippen LogP contribution in [0, 0.1) is 12.7 Å². The van der Waals surface area contributed by atoms with E-state index in [0.717, 1.165) is 0 Å². The fourth-order valence-electron chi connectivity index (χ4n) is 1.72. The number of benzene rings is 1. The van der Waals surface area contributed by atoms with Crippen molar-refractivity contribution >= 4 is 39.3 Å². The zero-order valence-corrected chi connectivity index (χ0v) is 12.4. The van der Waals surface area contributed by atoms with E-state index in [2.05, 4.69) is 31.5 Å². The van der Waals surface area contributed by atoms with E-state index in [9.17, 15) is 14.0 Å². The molecule has 8 heteroatoms. The molecule has 21 heavy (non-hydrogen) atoms. The van der Waals surface area contributed by atoms with E-state index in [1.807, 2.05) is 0 Å². The fraction of sp³-hybridized carbons (Fsp3) is 0.0769. The second-order valence-corrected chi connectivity index (χ2v) is 5.17. The maximum atomic E-state index is 13.6. The lowest BCUT2D eigenvalue weighted by Crippen LogP contribution is -2.21. The molecule has 1 aromatic heterocycles. The number of aromatic carboxylic acids is 1. The predicted octanol–water partition coefficient (Wildman–Crippen LogP) is 3.57. The molecule has 0 bridgehead atoms. The molecule has 110 valence electrons. The number of carboxylic acid groups (broad SMARTS) is 1. The molecule has 0 saturated carbocycles. The van der Waals surface area contributed by atoms with Crippen molar-refractivity contribution in [3.05, 3.63) is 45.9 Å². The lowest BCUT2D eigenvalue weighted by atomic mass is 10.3. The van der Waals surface area contributed by atoms with Crippen LogP contribution >= 0.6 is 15.9 Å². The number of amides is 2. The number of nitrogens with one attached hydrogen (secondary N) is 3. The molecule has 2 amide bonds. The average Bonchev–Trinajstić information content (AvgIpc) is 2.74. The molecule has 0 spiro atoms. The van der Waals surface area contributed by atoms with Crippen LogP contribution in [0.5, 0.6) is 0 Å². The molecule has 1 heterocycles. The van der Waals surface area contributed by atoms with Crippen LogP contribution in [0.3, 0.4) is 0 Å². The minimum absolute atomic E-state index is 0.0140. The monoisotopic (exact) mass is 355 g/mol. The first-order valence-electron chi connectivity index (χ1n) is 5.83. The minimum Gasteiger partial charge on any atom is -0.477 e. The normalized spacial score (nSPS) is 10.2. The van der Waals surface area contributed by atoms with Gasteiger partial charge in [-0.1, -0.05) is 15.9 Å². The van der Waals surface area contributed by atoms with Gasteiger partial charge in [0, 0.05) is 10.2 Å². The van der Waals surface area contributed by atoms with Crippen LogP contribution in [0.1, 0.15) is 16.2 Å². The highest BCUT2D eigenvalue weighted by atomic mass is 79.9. The molecule has 2 aromatic rings. The summed E-state index contributed by atoms with van der Waals surface area (Å²) in [6.45, 7) is 1.66. The Bertz CT molecular complexity index is 715. The summed E-state index contributed by atoms with van der Waals surface area (Å²) in [6.07, 6.45) is 0. The summed E-state index contributed by atoms with van der Waals surface area (Å²) in [4.78, 5) is 25.4. The van der Waals surface area contributed by atoms with Gasteiger partial charge in [0.25, 0.3) is 0 Å². The van der Waals surface area contributed by atoms with Crippen LogP contribution in [0.25, 0.3) is 0 Å². The number of carboxylic acids is 1. The van der Waals surface area contributed by atoms with Gasteiger partial charge in [-0.25, -0.2) is 14.0 Å². The molecule has 1 aromatic carbocycles. The van der Waals surface area contributed by atoms with E-state index < -0.39 is 17.8 Å². The van der Waals surface area contributed by atoms with Gasteiger partial charge in [-0.15, -0.1) is 0 Å². The standard InChI is InChI=1S/C13H11BrFN3O3/c1-6-4-10(11(16-6)12(19)20)18-13(21)17-9-3-2-7(14)5-8(9)15/h2-5,16H,1H3,(H,19,20)(H2,17,18,21). The summed E-state index contributed by atoms with van der Waals surface area (Å²) in [5.41, 5.74) is 0.534. The van der Waals surface area contributed by atoms with Gasteiger partial charge in [-0.05, 0) is 31.2 Å². The quantitative estimate of drug-likeness (QED) is 0.677. The number of carbonyl (C=O) groups is 2. The van der Waals surface area contributed by atoms with Crippen molar-refractivity contribution < 1.29 is 19.1 Å². The van der Waals surface area contributed by atoms with E-state index in [4.69, 9.17) is 5.11 Å². The molecule has 0 fully saturated rings. The van der Waals surface area contributed by atoms with E-state index in [-0.39, 0.29) is 17.1 Å². The largest absolute Gasteiger partial charge is 0.477 e. The second kappa shape index (κ2) is 5.96. The average molecular weight is 356 g/mol. The van der Waals surface area contributed by atoms with Crippen LogP contribution in [0.2, 0.25) is 0 Å². The fourth-order valence-corrected chi connectivity index (χ4v) is 2.06. The Balaban J connectivity index is 2.13. The van der Waals surface area contributed by atoms with Crippen LogP contribution in [0.15, 0.2) is 28.7 Å². The van der Waals surface area contributed by atoms with Crippen LogP contribution in [0.4, 0.5) is 20.6 Å². The molecule has 0 aliphatic heterocycles. The van der Waals surface area contributed by atoms with Gasteiger partial charge < -0.3 is 20.7 Å². The Kier molecular flexibility index (Phi) is 4.27. The zero-order valence-electron chi connectivity index (χ0n) is 10.8. The summed E-state index contributed by atoms with van der Waals surface area (Å²) in [5, 5.41) is 13.7. The number of aromatic nitrogens is 1. The Morgan fingerprint density at radius 2 is 1.90 bits per heavy atom. The topological polar surface area (TPSA) is 94.2 Å². The number of hydrogen-bond donors (Lipinski definition) is 4. The molecule has 0 aliphatic rings. The minimum atomic E-state index is -1.20. The van der Waals surface area contributed by atoms with Gasteiger partial charge in [-0.3, -0.25) is 0 Å². The Morgan fingerprint density at radius 3 is 2.52 bits per heavy atom. The SMILES string of the molecule is Cc1cc(NC(=O)Nc2ccc(Br)cc2F)c(C(=O)O)[nH]1. The Morgan fingerprint density at radius 1 is 1.24 bits per heavy atom. The van der Waals surface area contributed by atoms with Gasteiger partial charge in [0.05, 0.1) is 11.4 Å². The van der Waals surface area contributed by atoms with Gasteiger partial charge in [0.2, 0.25) is 0 Å². The highest BCUT2D eigenvalue weighted by Crippen LogP contribution is 2.21. The highest BCUT2D eigenvalue weighted by molar-refractivity contribution is 9.10. The summed E-state index contributed by atoms with van der Waals surface area (Å²) in [7, 11) is 0. The lowest BCUT2D eigenvalue weighted by Gasteiger charge is -2.08. The predicted molar refractivity (Wildman–Crippen MR) is 79.2 cm³/mol. The number of anilines is 2. The second-order valence-electron chi connectivity index (χ2n) is 4.25. The number of urea groups is 1. The molecule has 2 rings (SSSR count). The summed E-state index contributed by atoms with van der Waals surface area (Å²) >= 11 is 3.11. The molecule has 6 nitrogen and oxygen atoms in total. The van der Waals surface area contributed by atoms with Crippen molar-refractivity contribution in [2.45, 2.75) is 6.92 Å². The first-order valence-corrected chi connectivity index (χ1v) is 6.62. The summed E-state index contributed by atoms with van der Waals surface area (Å²) in [6, 6.07) is 4.90. The molecule has 0 saturated heterocycles. The number of H-pyrrole nitrogens is 1. The van der Waals surface area contributed by atoms with Gasteiger partial charge >= 0.3 is 12.0 Å². The summed E-state index contributed by atoms with van der Waals surface area (Å²) in [5.74, 6) is -1.81. The Hall–Kier alpha value is -2.35. The van der Waals surface area contributed by atoms with Crippen LogP contribution in [-0.2, 0) is 0 Å². The van der Waals surface area contributed by atoms with Crippen molar-refractivity contribution in [2.24, 2.45) is 0 Å². The maximum absolute atomic E-state index is 13.6. The molecule has 4 N–H and O–H groups in total. The lowest BCUT2D eigenvalue weighted by molar-refractivity contribution is 0.0692. The van der Waals surface area contributed by atoms with Crippen molar-refractivity contribution in [2.75, 3.05) is 10.6 Å². The highest BCUT2D eigenvalue weighted by Gasteiger charge is 2.16. The van der Waals surface area contributed by atoms with Crippen molar-refractivity contribution in [1.29, 1.82) is 0 Å². The van der Waals surface area contributed by atoms with E-state index in [0.29, 0.717) is 10.2 Å². The number of aryl methyl sites for hydroxylation is 1. The van der Waals surface area contributed by atoms with E-state index in [1.165, 1.54) is 18.2 Å². The van der Waals surface area contributed by atoms with Gasteiger partial charge in [0.15, 0.2) is 0 Å². The van der Waals surface area contributed by atoms with E-state index >= 15 is 0 Å². The third-order valence-corrected chi connectivity index (χ3v) is 3.09. The van der Waals surface area contributed by atoms with Crippen molar-refractivity contribution in [3.63, 3.8) is 0 Å². The molecule has 0 aliphatic carbocycles. The smallest absolute Gasteiger partial charge is 0.354 e. The first kappa shape index (κ1) is 15.0. The third kappa shape index (κ3) is 3.60. The van der Waals surface area contributed by atoms with Crippen LogP contribution < -0.4 is 10.6 Å². The number of hydrogen-bond acceptors (Lipinski definition) is 2. The van der Waals surface area contributed by atoms with Gasteiger partial charge in [-0.2, -0.15) is 0 Å². The van der Waals surface area contributed by atoms with Crippen molar-refractivity contribution in [1.82, 2.24) is 4.98 Å². The first-order chi connectivity index (χ1) is 9.86. The molecule has 0 unspecified atom stereocenters. The third-order valence-electron chi connectivity index (χ3n) is 2.59. The Labute approximate surface area is 127 Å². The number of aromatic amines is 1. The number of rotatable bonds is 3. The molecular weight excluding hydrogens is 345 g/mol. The maximum Gasteiger partial charge on any atom is 0.354 e.